The van der Waals surface area contributed by atoms with E-state index in [1.807, 2.05) is 32.0 Å². The highest BCUT2D eigenvalue weighted by atomic mass is 16.5. The van der Waals surface area contributed by atoms with Gasteiger partial charge < -0.3 is 4.74 Å². The van der Waals surface area contributed by atoms with Crippen LogP contribution in [0.1, 0.15) is 30.5 Å². The van der Waals surface area contributed by atoms with Gasteiger partial charge in [0.1, 0.15) is 5.41 Å². The second-order valence-corrected chi connectivity index (χ2v) is 6.34. The summed E-state index contributed by atoms with van der Waals surface area (Å²) in [7, 11) is 0. The van der Waals surface area contributed by atoms with E-state index in [4.69, 9.17) is 4.74 Å². The van der Waals surface area contributed by atoms with E-state index in [9.17, 15) is 4.79 Å². The van der Waals surface area contributed by atoms with Crippen molar-refractivity contribution in [3.8, 4) is 0 Å². The van der Waals surface area contributed by atoms with Gasteiger partial charge in [-0.1, -0.05) is 54.6 Å². The van der Waals surface area contributed by atoms with Crippen LogP contribution in [0, 0.1) is 0 Å². The maximum absolute atomic E-state index is 12.6. The molecule has 1 aliphatic rings. The lowest BCUT2D eigenvalue weighted by Gasteiger charge is -2.40. The monoisotopic (exact) mass is 309 g/mol. The van der Waals surface area contributed by atoms with Crippen molar-refractivity contribution in [1.29, 1.82) is 0 Å². The zero-order valence-electron chi connectivity index (χ0n) is 13.8. The van der Waals surface area contributed by atoms with Crippen LogP contribution >= 0.6 is 0 Å². The molecule has 1 unspecified atom stereocenters. The van der Waals surface area contributed by atoms with Crippen LogP contribution in [0.5, 0.6) is 0 Å². The van der Waals surface area contributed by atoms with Gasteiger partial charge in [-0.25, -0.2) is 0 Å². The zero-order valence-corrected chi connectivity index (χ0v) is 13.8. The van der Waals surface area contributed by atoms with E-state index >= 15 is 0 Å². The van der Waals surface area contributed by atoms with Crippen molar-refractivity contribution in [3.05, 3.63) is 71.3 Å². The van der Waals surface area contributed by atoms with Crippen LogP contribution in [0.3, 0.4) is 0 Å². The van der Waals surface area contributed by atoms with E-state index in [0.29, 0.717) is 13.2 Å². The first kappa shape index (κ1) is 15.8. The minimum absolute atomic E-state index is 0.134. The van der Waals surface area contributed by atoms with Crippen molar-refractivity contribution < 1.29 is 9.53 Å². The molecule has 2 aromatic carbocycles. The Morgan fingerprint density at radius 3 is 2.57 bits per heavy atom. The molecule has 0 spiro atoms. The Balaban J connectivity index is 1.91. The maximum atomic E-state index is 12.6. The summed E-state index contributed by atoms with van der Waals surface area (Å²) in [5.41, 5.74) is 2.96. The van der Waals surface area contributed by atoms with Crippen LogP contribution in [0.4, 0.5) is 0 Å². The number of carbonyl (C=O) groups is 1. The number of rotatable bonds is 4. The number of carbonyl (C=O) groups excluding carboxylic acids is 1. The number of esters is 1. The van der Waals surface area contributed by atoms with Crippen molar-refractivity contribution in [3.63, 3.8) is 0 Å². The van der Waals surface area contributed by atoms with Crippen LogP contribution in [0.25, 0.3) is 0 Å². The van der Waals surface area contributed by atoms with E-state index in [1.54, 1.807) is 0 Å². The molecule has 120 valence electrons. The second kappa shape index (κ2) is 6.55. The first-order chi connectivity index (χ1) is 11.1. The van der Waals surface area contributed by atoms with Crippen LogP contribution in [0.15, 0.2) is 54.6 Å². The third-order valence-corrected chi connectivity index (χ3v) is 4.52. The molecular weight excluding hydrogens is 286 g/mol. The smallest absolute Gasteiger partial charge is 0.317 e. The molecule has 0 bridgehead atoms. The first-order valence-electron chi connectivity index (χ1n) is 8.15. The third-order valence-electron chi connectivity index (χ3n) is 4.52. The molecule has 3 heteroatoms. The van der Waals surface area contributed by atoms with Crippen molar-refractivity contribution in [2.75, 3.05) is 13.2 Å². The quantitative estimate of drug-likeness (QED) is 0.809. The van der Waals surface area contributed by atoms with Gasteiger partial charge in [0.25, 0.3) is 0 Å². The molecule has 0 fully saturated rings. The fourth-order valence-corrected chi connectivity index (χ4v) is 3.44. The molecule has 0 amide bonds. The molecule has 1 atom stereocenters. The van der Waals surface area contributed by atoms with Gasteiger partial charge in [0.2, 0.25) is 0 Å². The van der Waals surface area contributed by atoms with Crippen molar-refractivity contribution >= 4 is 5.97 Å². The molecule has 1 aliphatic heterocycles. The summed E-state index contributed by atoms with van der Waals surface area (Å²) in [5.74, 6) is -0.134. The SMILES string of the molecule is CCOC(=O)C1(C)CN(Cc2ccccc2)Cc2ccccc21. The van der Waals surface area contributed by atoms with Crippen LogP contribution in [-0.2, 0) is 28.0 Å². The Morgan fingerprint density at radius 1 is 1.13 bits per heavy atom. The second-order valence-electron chi connectivity index (χ2n) is 6.34. The van der Waals surface area contributed by atoms with Gasteiger partial charge in [-0.2, -0.15) is 0 Å². The number of fused-ring (bicyclic) bond motifs is 1. The summed E-state index contributed by atoms with van der Waals surface area (Å²) < 4.78 is 5.37. The minimum Gasteiger partial charge on any atom is -0.465 e. The highest BCUT2D eigenvalue weighted by molar-refractivity contribution is 5.84. The third kappa shape index (κ3) is 3.15. The fraction of sp³-hybridized carbons (Fsp3) is 0.350. The molecule has 0 N–H and O–H groups in total. The van der Waals surface area contributed by atoms with Crippen molar-refractivity contribution in [2.45, 2.75) is 32.4 Å². The lowest BCUT2D eigenvalue weighted by Crippen LogP contribution is -2.49. The summed E-state index contributed by atoms with van der Waals surface area (Å²) in [4.78, 5) is 15.0. The summed E-state index contributed by atoms with van der Waals surface area (Å²) >= 11 is 0. The first-order valence-corrected chi connectivity index (χ1v) is 8.15. The molecule has 23 heavy (non-hydrogen) atoms. The Kier molecular flexibility index (Phi) is 4.49. The van der Waals surface area contributed by atoms with Gasteiger partial charge in [0, 0.05) is 19.6 Å². The van der Waals surface area contributed by atoms with Crippen LogP contribution in [-0.4, -0.2) is 24.0 Å². The van der Waals surface area contributed by atoms with Gasteiger partial charge in [-0.05, 0) is 30.5 Å². The lowest BCUT2D eigenvalue weighted by molar-refractivity contribution is -0.151. The number of nitrogens with zero attached hydrogens (tertiary/aromatic N) is 1. The average Bonchev–Trinajstić information content (AvgIpc) is 2.56. The van der Waals surface area contributed by atoms with E-state index < -0.39 is 5.41 Å². The lowest BCUT2D eigenvalue weighted by atomic mass is 9.76. The van der Waals surface area contributed by atoms with Gasteiger partial charge in [-0.15, -0.1) is 0 Å². The fourth-order valence-electron chi connectivity index (χ4n) is 3.44. The zero-order chi connectivity index (χ0) is 16.3. The Labute approximate surface area is 137 Å². The van der Waals surface area contributed by atoms with E-state index in [-0.39, 0.29) is 5.97 Å². The Bertz CT molecular complexity index is 683. The summed E-state index contributed by atoms with van der Waals surface area (Å²) in [5, 5.41) is 0. The number of hydrogen-bond donors (Lipinski definition) is 0. The van der Waals surface area contributed by atoms with Crippen LogP contribution < -0.4 is 0 Å². The molecule has 0 saturated heterocycles. The van der Waals surface area contributed by atoms with Gasteiger partial charge >= 0.3 is 5.97 Å². The summed E-state index contributed by atoms with van der Waals surface area (Å²) in [6.07, 6.45) is 0. The molecular formula is C20H23NO2. The predicted molar refractivity (Wildman–Crippen MR) is 91.0 cm³/mol. The molecule has 2 aromatic rings. The molecule has 0 saturated carbocycles. The summed E-state index contributed by atoms with van der Waals surface area (Å²) in [6.45, 7) is 6.65. The topological polar surface area (TPSA) is 29.5 Å². The molecule has 0 radical (unpaired) electrons. The minimum atomic E-state index is -0.611. The highest BCUT2D eigenvalue weighted by Crippen LogP contribution is 2.35. The average molecular weight is 309 g/mol. The van der Waals surface area contributed by atoms with Crippen molar-refractivity contribution in [2.24, 2.45) is 0 Å². The molecule has 3 nitrogen and oxygen atoms in total. The molecule has 0 aliphatic carbocycles. The molecule has 3 rings (SSSR count). The maximum Gasteiger partial charge on any atom is 0.317 e. The molecule has 0 aromatic heterocycles. The largest absolute Gasteiger partial charge is 0.465 e. The van der Waals surface area contributed by atoms with E-state index in [2.05, 4.69) is 41.3 Å². The van der Waals surface area contributed by atoms with Gasteiger partial charge in [0.05, 0.1) is 6.61 Å². The number of ether oxygens (including phenoxy) is 1. The van der Waals surface area contributed by atoms with Crippen LogP contribution in [0.2, 0.25) is 0 Å². The summed E-state index contributed by atoms with van der Waals surface area (Å²) in [6, 6.07) is 18.6. The Morgan fingerprint density at radius 2 is 1.83 bits per heavy atom. The van der Waals surface area contributed by atoms with Crippen molar-refractivity contribution in [1.82, 2.24) is 4.90 Å². The number of hydrogen-bond acceptors (Lipinski definition) is 3. The predicted octanol–water partition coefficient (Wildman–Crippen LogP) is 3.52. The highest BCUT2D eigenvalue weighted by Gasteiger charge is 2.42. The van der Waals surface area contributed by atoms with Gasteiger partial charge in [-0.3, -0.25) is 9.69 Å². The Hall–Kier alpha value is -2.13. The standard InChI is InChI=1S/C20H23NO2/c1-3-23-19(22)20(2)15-21(13-16-9-5-4-6-10-16)14-17-11-7-8-12-18(17)20/h4-12H,3,13-15H2,1-2H3. The normalized spacial score (nSPS) is 20.8. The van der Waals surface area contributed by atoms with E-state index in [1.165, 1.54) is 11.1 Å². The van der Waals surface area contributed by atoms with E-state index in [0.717, 1.165) is 18.7 Å². The number of benzene rings is 2. The molecule has 1 heterocycles. The van der Waals surface area contributed by atoms with Gasteiger partial charge in [0.15, 0.2) is 0 Å².